The Labute approximate surface area is 139 Å². The number of ketones is 2. The van der Waals surface area contributed by atoms with E-state index in [1.807, 2.05) is 36.4 Å². The number of aromatic amines is 1. The van der Waals surface area contributed by atoms with Gasteiger partial charge in [0, 0.05) is 39.8 Å². The fraction of sp³-hybridized carbons (Fsp3) is 0.200. The number of H-pyrrole nitrogens is 1. The highest BCUT2D eigenvalue weighted by Gasteiger charge is 2.24. The van der Waals surface area contributed by atoms with Gasteiger partial charge in [0.05, 0.1) is 6.04 Å². The van der Waals surface area contributed by atoms with E-state index in [4.69, 9.17) is 0 Å². The van der Waals surface area contributed by atoms with E-state index in [1.165, 1.54) is 0 Å². The van der Waals surface area contributed by atoms with Crippen molar-refractivity contribution in [2.24, 2.45) is 0 Å². The molecule has 1 aliphatic heterocycles. The van der Waals surface area contributed by atoms with Crippen LogP contribution >= 0.6 is 0 Å². The van der Waals surface area contributed by atoms with Crippen molar-refractivity contribution in [1.82, 2.24) is 4.98 Å². The largest absolute Gasteiger partial charge is 0.376 e. The Morgan fingerprint density at radius 1 is 0.958 bits per heavy atom. The van der Waals surface area contributed by atoms with E-state index >= 15 is 0 Å². The standard InChI is InChI=1S/C20H18N2O2/c1-11(23)13-3-5-17-15(7-13)9-19(21-17)20-10-16-8-14(12(2)24)4-6-18(16)22-20/h3-9,20-22H,10H2,1-2H3/t20-/m1/s1. The number of rotatable bonds is 3. The summed E-state index contributed by atoms with van der Waals surface area (Å²) in [5, 5.41) is 4.55. The van der Waals surface area contributed by atoms with Gasteiger partial charge in [0.2, 0.25) is 0 Å². The van der Waals surface area contributed by atoms with Gasteiger partial charge >= 0.3 is 0 Å². The second-order valence-electron chi connectivity index (χ2n) is 6.41. The van der Waals surface area contributed by atoms with E-state index in [0.717, 1.165) is 45.4 Å². The molecule has 2 heterocycles. The van der Waals surface area contributed by atoms with Crippen LogP contribution in [0.25, 0.3) is 10.9 Å². The van der Waals surface area contributed by atoms with Crippen LogP contribution in [0.2, 0.25) is 0 Å². The number of carbonyl (C=O) groups excluding carboxylic acids is 2. The summed E-state index contributed by atoms with van der Waals surface area (Å²) >= 11 is 0. The van der Waals surface area contributed by atoms with Gasteiger partial charge in [-0.05, 0) is 61.9 Å². The Morgan fingerprint density at radius 2 is 1.67 bits per heavy atom. The van der Waals surface area contributed by atoms with Crippen molar-refractivity contribution in [1.29, 1.82) is 0 Å². The topological polar surface area (TPSA) is 62.0 Å². The molecular weight excluding hydrogens is 300 g/mol. The minimum atomic E-state index is 0.0720. The van der Waals surface area contributed by atoms with Gasteiger partial charge in [-0.1, -0.05) is 0 Å². The lowest BCUT2D eigenvalue weighted by molar-refractivity contribution is 0.100. The molecule has 0 unspecified atom stereocenters. The highest BCUT2D eigenvalue weighted by Crippen LogP contribution is 2.35. The molecule has 2 N–H and O–H groups in total. The van der Waals surface area contributed by atoms with Crippen molar-refractivity contribution in [3.8, 4) is 0 Å². The Balaban J connectivity index is 1.66. The molecule has 0 fully saturated rings. The summed E-state index contributed by atoms with van der Waals surface area (Å²) in [4.78, 5) is 26.5. The monoisotopic (exact) mass is 318 g/mol. The van der Waals surface area contributed by atoms with Crippen LogP contribution in [0.5, 0.6) is 0 Å². The Hall–Kier alpha value is -2.88. The van der Waals surface area contributed by atoms with Crippen LogP contribution < -0.4 is 5.32 Å². The van der Waals surface area contributed by atoms with Gasteiger partial charge in [0.25, 0.3) is 0 Å². The molecule has 0 saturated heterocycles. The minimum Gasteiger partial charge on any atom is -0.376 e. The lowest BCUT2D eigenvalue weighted by atomic mass is 10.0. The molecule has 3 aromatic rings. The second-order valence-corrected chi connectivity index (χ2v) is 6.41. The third kappa shape index (κ3) is 2.40. The fourth-order valence-corrected chi connectivity index (χ4v) is 3.33. The van der Waals surface area contributed by atoms with Crippen molar-refractivity contribution in [2.75, 3.05) is 5.32 Å². The highest BCUT2D eigenvalue weighted by molar-refractivity contribution is 5.98. The molecule has 0 spiro atoms. The fourth-order valence-electron chi connectivity index (χ4n) is 3.33. The maximum atomic E-state index is 11.5. The van der Waals surface area contributed by atoms with Gasteiger partial charge in [-0.25, -0.2) is 0 Å². The molecule has 4 heteroatoms. The molecule has 1 aromatic heterocycles. The zero-order valence-corrected chi connectivity index (χ0v) is 13.6. The number of fused-ring (bicyclic) bond motifs is 2. The average molecular weight is 318 g/mol. The molecule has 2 aromatic carbocycles. The zero-order valence-electron chi connectivity index (χ0n) is 13.6. The van der Waals surface area contributed by atoms with E-state index in [-0.39, 0.29) is 17.6 Å². The lowest BCUT2D eigenvalue weighted by Gasteiger charge is -2.08. The number of benzene rings is 2. The van der Waals surface area contributed by atoms with Gasteiger partial charge in [0.1, 0.15) is 0 Å². The number of anilines is 1. The molecule has 0 saturated carbocycles. The molecule has 120 valence electrons. The molecule has 1 atom stereocenters. The first kappa shape index (κ1) is 14.7. The van der Waals surface area contributed by atoms with E-state index < -0.39 is 0 Å². The summed E-state index contributed by atoms with van der Waals surface area (Å²) in [6.45, 7) is 3.17. The quantitative estimate of drug-likeness (QED) is 0.708. The molecule has 0 amide bonds. The molecule has 1 aliphatic rings. The van der Waals surface area contributed by atoms with Crippen LogP contribution in [-0.2, 0) is 6.42 Å². The zero-order chi connectivity index (χ0) is 16.8. The third-order valence-corrected chi connectivity index (χ3v) is 4.69. The molecule has 4 nitrogen and oxygen atoms in total. The number of aromatic nitrogens is 1. The smallest absolute Gasteiger partial charge is 0.159 e. The predicted molar refractivity (Wildman–Crippen MR) is 94.8 cm³/mol. The summed E-state index contributed by atoms with van der Waals surface area (Å²) < 4.78 is 0. The van der Waals surface area contributed by atoms with Gasteiger partial charge in [0.15, 0.2) is 11.6 Å². The Morgan fingerprint density at radius 3 is 2.42 bits per heavy atom. The minimum absolute atomic E-state index is 0.0720. The van der Waals surface area contributed by atoms with Crippen LogP contribution in [0.3, 0.4) is 0 Å². The highest BCUT2D eigenvalue weighted by atomic mass is 16.1. The Kier molecular flexibility index (Phi) is 3.27. The average Bonchev–Trinajstić information content (AvgIpc) is 3.16. The second kappa shape index (κ2) is 5.34. The van der Waals surface area contributed by atoms with Gasteiger partial charge in [-0.2, -0.15) is 0 Å². The predicted octanol–water partition coefficient (Wildman–Crippen LogP) is 4.28. The summed E-state index contributed by atoms with van der Waals surface area (Å²) in [6, 6.07) is 13.8. The van der Waals surface area contributed by atoms with E-state index in [2.05, 4.69) is 16.4 Å². The molecule has 0 bridgehead atoms. The first-order chi connectivity index (χ1) is 11.5. The maximum absolute atomic E-state index is 11.5. The molecule has 24 heavy (non-hydrogen) atoms. The molecule has 4 rings (SSSR count). The summed E-state index contributed by atoms with van der Waals surface area (Å²) in [5.74, 6) is 0.159. The molecular formula is C20H18N2O2. The number of Topliss-reactive ketones (excluding diaryl/α,β-unsaturated/α-hetero) is 2. The summed E-state index contributed by atoms with van der Waals surface area (Å²) in [5.41, 5.74) is 5.83. The SMILES string of the molecule is CC(=O)c1ccc2c(c1)C[C@H](c1cc3cc(C(C)=O)ccc3[nH]1)N2. The number of nitrogens with one attached hydrogen (secondary N) is 2. The van der Waals surface area contributed by atoms with Crippen LogP contribution in [-0.4, -0.2) is 16.6 Å². The van der Waals surface area contributed by atoms with E-state index in [9.17, 15) is 9.59 Å². The van der Waals surface area contributed by atoms with Crippen molar-refractivity contribution in [2.45, 2.75) is 26.3 Å². The van der Waals surface area contributed by atoms with Crippen molar-refractivity contribution in [3.63, 3.8) is 0 Å². The Bertz CT molecular complexity index is 984. The van der Waals surface area contributed by atoms with Crippen LogP contribution in [0.15, 0.2) is 42.5 Å². The first-order valence-corrected chi connectivity index (χ1v) is 8.05. The molecule has 0 aliphatic carbocycles. The van der Waals surface area contributed by atoms with Crippen molar-refractivity contribution >= 4 is 28.2 Å². The van der Waals surface area contributed by atoms with Gasteiger partial charge in [-0.3, -0.25) is 9.59 Å². The normalized spacial score (nSPS) is 16.0. The van der Waals surface area contributed by atoms with Crippen LogP contribution in [0, 0.1) is 0 Å². The van der Waals surface area contributed by atoms with Gasteiger partial charge < -0.3 is 10.3 Å². The third-order valence-electron chi connectivity index (χ3n) is 4.69. The van der Waals surface area contributed by atoms with Gasteiger partial charge in [-0.15, -0.1) is 0 Å². The van der Waals surface area contributed by atoms with Crippen molar-refractivity contribution < 1.29 is 9.59 Å². The number of hydrogen-bond acceptors (Lipinski definition) is 3. The first-order valence-electron chi connectivity index (χ1n) is 8.05. The summed E-state index contributed by atoms with van der Waals surface area (Å²) in [6.07, 6.45) is 0.836. The van der Waals surface area contributed by atoms with E-state index in [1.54, 1.807) is 13.8 Å². The van der Waals surface area contributed by atoms with Crippen molar-refractivity contribution in [3.05, 3.63) is 64.8 Å². The van der Waals surface area contributed by atoms with Crippen LogP contribution in [0.1, 0.15) is 51.9 Å². The van der Waals surface area contributed by atoms with E-state index in [0.29, 0.717) is 0 Å². The number of carbonyl (C=O) groups is 2. The number of hydrogen-bond donors (Lipinski definition) is 2. The maximum Gasteiger partial charge on any atom is 0.159 e. The summed E-state index contributed by atoms with van der Waals surface area (Å²) in [7, 11) is 0. The lowest BCUT2D eigenvalue weighted by Crippen LogP contribution is -2.05. The molecule has 0 radical (unpaired) electrons. The van der Waals surface area contributed by atoms with Crippen LogP contribution in [0.4, 0.5) is 5.69 Å².